The molecule has 0 unspecified atom stereocenters. The first-order valence-corrected chi connectivity index (χ1v) is 8.67. The first-order chi connectivity index (χ1) is 13.2. The van der Waals surface area contributed by atoms with Gasteiger partial charge >= 0.3 is 0 Å². The lowest BCUT2D eigenvalue weighted by Gasteiger charge is -2.23. The van der Waals surface area contributed by atoms with Crippen LogP contribution in [0.4, 0.5) is 11.4 Å². The fourth-order valence-corrected chi connectivity index (χ4v) is 3.15. The predicted molar refractivity (Wildman–Crippen MR) is 102 cm³/mol. The molecule has 0 atom stereocenters. The van der Waals surface area contributed by atoms with Crippen molar-refractivity contribution in [1.82, 2.24) is 0 Å². The maximum Gasteiger partial charge on any atom is 0.296 e. The molecule has 0 aliphatic carbocycles. The normalized spacial score (nSPS) is 12.6. The van der Waals surface area contributed by atoms with Gasteiger partial charge in [-0.2, -0.15) is 0 Å². The number of hydrogen-bond acceptors (Lipinski definition) is 5. The third-order valence-electron chi connectivity index (χ3n) is 4.42. The molecule has 6 heteroatoms. The lowest BCUT2D eigenvalue weighted by Crippen LogP contribution is -2.17. The summed E-state index contributed by atoms with van der Waals surface area (Å²) in [6, 6.07) is 22.5. The maximum atomic E-state index is 11.6. The van der Waals surface area contributed by atoms with E-state index in [1.165, 1.54) is 6.07 Å². The van der Waals surface area contributed by atoms with Crippen molar-refractivity contribution in [2.24, 2.45) is 0 Å². The minimum atomic E-state index is -0.409. The minimum absolute atomic E-state index is 0.0453. The van der Waals surface area contributed by atoms with Crippen LogP contribution in [0, 0.1) is 10.1 Å². The Labute approximate surface area is 156 Å². The summed E-state index contributed by atoms with van der Waals surface area (Å²) in [4.78, 5) is 11.2. The third-order valence-corrected chi connectivity index (χ3v) is 4.42. The van der Waals surface area contributed by atoms with Gasteiger partial charge in [0, 0.05) is 6.07 Å². The molecular formula is C21H18N2O4. The molecule has 0 spiro atoms. The molecule has 4 rings (SSSR count). The molecule has 0 fully saturated rings. The van der Waals surface area contributed by atoms with Crippen molar-refractivity contribution in [3.8, 4) is 11.5 Å². The second-order valence-electron chi connectivity index (χ2n) is 6.17. The van der Waals surface area contributed by atoms with E-state index in [2.05, 4.69) is 5.32 Å². The zero-order chi connectivity index (χ0) is 18.6. The summed E-state index contributed by atoms with van der Waals surface area (Å²) in [5, 5.41) is 15.0. The topological polar surface area (TPSA) is 73.6 Å². The molecule has 0 radical (unpaired) electrons. The van der Waals surface area contributed by atoms with E-state index >= 15 is 0 Å². The minimum Gasteiger partial charge on any atom is -0.486 e. The fourth-order valence-electron chi connectivity index (χ4n) is 3.15. The molecule has 27 heavy (non-hydrogen) atoms. The van der Waals surface area contributed by atoms with Crippen LogP contribution in [0.25, 0.3) is 0 Å². The monoisotopic (exact) mass is 362 g/mol. The SMILES string of the molecule is O=[N+]([O-])c1cc2c(cc1NC(c1ccccc1)c1ccccc1)OCCO2. The van der Waals surface area contributed by atoms with Gasteiger partial charge in [-0.25, -0.2) is 0 Å². The quantitative estimate of drug-likeness (QED) is 0.532. The van der Waals surface area contributed by atoms with Crippen LogP contribution < -0.4 is 14.8 Å². The van der Waals surface area contributed by atoms with Crippen molar-refractivity contribution >= 4 is 11.4 Å². The molecule has 6 nitrogen and oxygen atoms in total. The number of nitrogens with one attached hydrogen (secondary N) is 1. The Hall–Kier alpha value is -3.54. The lowest BCUT2D eigenvalue weighted by molar-refractivity contribution is -0.384. The van der Waals surface area contributed by atoms with Crippen molar-refractivity contribution in [2.75, 3.05) is 18.5 Å². The van der Waals surface area contributed by atoms with Crippen molar-refractivity contribution in [2.45, 2.75) is 6.04 Å². The van der Waals surface area contributed by atoms with Crippen molar-refractivity contribution in [3.63, 3.8) is 0 Å². The summed E-state index contributed by atoms with van der Waals surface area (Å²) in [6.07, 6.45) is 0. The highest BCUT2D eigenvalue weighted by molar-refractivity contribution is 5.70. The Morgan fingerprint density at radius 2 is 1.37 bits per heavy atom. The van der Waals surface area contributed by atoms with Crippen LogP contribution in [0.2, 0.25) is 0 Å². The van der Waals surface area contributed by atoms with E-state index in [9.17, 15) is 10.1 Å². The number of nitro benzene ring substituents is 1. The Morgan fingerprint density at radius 3 is 1.89 bits per heavy atom. The van der Waals surface area contributed by atoms with Gasteiger partial charge in [0.1, 0.15) is 18.9 Å². The largest absolute Gasteiger partial charge is 0.486 e. The maximum absolute atomic E-state index is 11.6. The Balaban J connectivity index is 1.78. The van der Waals surface area contributed by atoms with Crippen LogP contribution in [0.3, 0.4) is 0 Å². The molecule has 0 saturated carbocycles. The number of ether oxygens (including phenoxy) is 2. The number of hydrogen-bond donors (Lipinski definition) is 1. The molecule has 0 amide bonds. The summed E-state index contributed by atoms with van der Waals surface area (Å²) in [7, 11) is 0. The van der Waals surface area contributed by atoms with Crippen LogP contribution in [-0.2, 0) is 0 Å². The fraction of sp³-hybridized carbons (Fsp3) is 0.143. The van der Waals surface area contributed by atoms with Crippen LogP contribution in [0.1, 0.15) is 17.2 Å². The molecule has 1 aliphatic heterocycles. The number of anilines is 1. The summed E-state index contributed by atoms with van der Waals surface area (Å²) in [6.45, 7) is 0.804. The van der Waals surface area contributed by atoms with Gasteiger partial charge in [0.25, 0.3) is 5.69 Å². The lowest BCUT2D eigenvalue weighted by atomic mass is 9.98. The molecular weight excluding hydrogens is 344 g/mol. The van der Waals surface area contributed by atoms with E-state index in [1.807, 2.05) is 60.7 Å². The van der Waals surface area contributed by atoms with Crippen LogP contribution in [0.5, 0.6) is 11.5 Å². The van der Waals surface area contributed by atoms with Gasteiger partial charge in [-0.1, -0.05) is 60.7 Å². The molecule has 136 valence electrons. The highest BCUT2D eigenvalue weighted by Gasteiger charge is 2.25. The average molecular weight is 362 g/mol. The van der Waals surface area contributed by atoms with Gasteiger partial charge in [-0.05, 0) is 11.1 Å². The summed E-state index contributed by atoms with van der Waals surface area (Å²) in [5.41, 5.74) is 2.36. The summed E-state index contributed by atoms with van der Waals surface area (Å²) in [5.74, 6) is 0.906. The Bertz CT molecular complexity index is 906. The van der Waals surface area contributed by atoms with E-state index in [0.717, 1.165) is 11.1 Å². The Morgan fingerprint density at radius 1 is 0.852 bits per heavy atom. The predicted octanol–water partition coefficient (Wildman–Crippen LogP) is 4.57. The number of nitro groups is 1. The van der Waals surface area contributed by atoms with Gasteiger partial charge in [0.2, 0.25) is 0 Å². The van der Waals surface area contributed by atoms with Gasteiger partial charge < -0.3 is 14.8 Å². The second-order valence-corrected chi connectivity index (χ2v) is 6.17. The second kappa shape index (κ2) is 7.37. The molecule has 0 bridgehead atoms. The highest BCUT2D eigenvalue weighted by Crippen LogP contribution is 2.41. The van der Waals surface area contributed by atoms with Gasteiger partial charge in [0.15, 0.2) is 11.5 Å². The first kappa shape index (κ1) is 16.9. The zero-order valence-corrected chi connectivity index (χ0v) is 14.5. The number of nitrogens with zero attached hydrogens (tertiary/aromatic N) is 1. The highest BCUT2D eigenvalue weighted by atomic mass is 16.6. The Kier molecular flexibility index (Phi) is 4.61. The van der Waals surface area contributed by atoms with Crippen LogP contribution in [-0.4, -0.2) is 18.1 Å². The third kappa shape index (κ3) is 3.55. The zero-order valence-electron chi connectivity index (χ0n) is 14.5. The van der Waals surface area contributed by atoms with E-state index in [1.54, 1.807) is 6.07 Å². The van der Waals surface area contributed by atoms with Crippen LogP contribution in [0.15, 0.2) is 72.8 Å². The van der Waals surface area contributed by atoms with Crippen LogP contribution >= 0.6 is 0 Å². The number of rotatable bonds is 5. The van der Waals surface area contributed by atoms with Crippen molar-refractivity contribution in [3.05, 3.63) is 94.0 Å². The standard InChI is InChI=1S/C21H18N2O4/c24-23(25)18-14-20-19(26-11-12-27-20)13-17(18)22-21(15-7-3-1-4-8-15)16-9-5-2-6-10-16/h1-10,13-14,21-22H,11-12H2. The van der Waals surface area contributed by atoms with Gasteiger partial charge in [0.05, 0.1) is 17.0 Å². The molecule has 3 aromatic rings. The average Bonchev–Trinajstić information content (AvgIpc) is 2.72. The number of fused-ring (bicyclic) bond motifs is 1. The van der Waals surface area contributed by atoms with E-state index < -0.39 is 4.92 Å². The number of benzene rings is 3. The van der Waals surface area contributed by atoms with E-state index in [-0.39, 0.29) is 11.7 Å². The molecule has 1 heterocycles. The first-order valence-electron chi connectivity index (χ1n) is 8.67. The molecule has 0 saturated heterocycles. The van der Waals surface area contributed by atoms with Crippen molar-refractivity contribution in [1.29, 1.82) is 0 Å². The molecule has 0 aromatic heterocycles. The molecule has 3 aromatic carbocycles. The van der Waals surface area contributed by atoms with E-state index in [4.69, 9.17) is 9.47 Å². The molecule has 1 N–H and O–H groups in total. The van der Waals surface area contributed by atoms with Crippen molar-refractivity contribution < 1.29 is 14.4 Å². The molecule has 1 aliphatic rings. The summed E-state index contributed by atoms with van der Waals surface area (Å²) < 4.78 is 11.1. The smallest absolute Gasteiger partial charge is 0.296 e. The van der Waals surface area contributed by atoms with Gasteiger partial charge in [-0.3, -0.25) is 10.1 Å². The van der Waals surface area contributed by atoms with E-state index in [0.29, 0.717) is 30.4 Å². The summed E-state index contributed by atoms with van der Waals surface area (Å²) >= 11 is 0. The van der Waals surface area contributed by atoms with Gasteiger partial charge in [-0.15, -0.1) is 0 Å².